The minimum atomic E-state index is -4.42. The van der Waals surface area contributed by atoms with E-state index in [1.165, 1.54) is 0 Å². The summed E-state index contributed by atoms with van der Waals surface area (Å²) in [4.78, 5) is 10.9. The summed E-state index contributed by atoms with van der Waals surface area (Å²) in [5, 5.41) is 10.9. The smallest absolute Gasteiger partial charge is 0.401 e. The van der Waals surface area contributed by atoms with Crippen LogP contribution in [-0.4, -0.2) is 42.5 Å². The maximum Gasteiger partial charge on any atom is 0.401 e. The summed E-state index contributed by atoms with van der Waals surface area (Å²) < 4.78 is 40.7. The molecule has 1 rings (SSSR count). The number of carboxylic acids is 1. The number of halogens is 3. The van der Waals surface area contributed by atoms with Crippen molar-refractivity contribution in [3.8, 4) is 0 Å². The zero-order chi connectivity index (χ0) is 11.5. The molecule has 0 aromatic rings. The van der Waals surface area contributed by atoms with Crippen LogP contribution in [-0.2, 0) is 9.53 Å². The minimum absolute atomic E-state index is 0.151. The summed E-state index contributed by atoms with van der Waals surface area (Å²) in [5.41, 5.74) is -1.59. The third kappa shape index (κ3) is 3.35. The Hall–Kier alpha value is -0.820. The van der Waals surface area contributed by atoms with Crippen molar-refractivity contribution in [2.24, 2.45) is 0 Å². The molecule has 0 aliphatic carbocycles. The largest absolute Gasteiger partial charge is 0.480 e. The maximum absolute atomic E-state index is 11.9. The molecular weight excluding hydrogens is 215 g/mol. The summed E-state index contributed by atoms with van der Waals surface area (Å²) in [5.74, 6) is -1.30. The van der Waals surface area contributed by atoms with Crippen LogP contribution in [0, 0.1) is 0 Å². The first kappa shape index (κ1) is 12.3. The van der Waals surface area contributed by atoms with E-state index in [0.717, 1.165) is 0 Å². The van der Waals surface area contributed by atoms with E-state index in [1.807, 2.05) is 5.32 Å². The lowest BCUT2D eigenvalue weighted by Crippen LogP contribution is -2.59. The molecule has 1 atom stereocenters. The Morgan fingerprint density at radius 2 is 2.20 bits per heavy atom. The number of carbonyl (C=O) groups is 1. The van der Waals surface area contributed by atoms with Crippen molar-refractivity contribution in [3.63, 3.8) is 0 Å². The fourth-order valence-corrected chi connectivity index (χ4v) is 1.45. The standard InChI is InChI=1S/C8H12F3NO3/c9-8(10,11)4-12-7(6(13)14)2-1-3-15-5-7/h12H,1-5H2,(H,13,14). The van der Waals surface area contributed by atoms with Crippen LogP contribution in [0.5, 0.6) is 0 Å². The Kier molecular flexibility index (Phi) is 3.56. The first-order valence-corrected chi connectivity index (χ1v) is 4.49. The molecule has 1 heterocycles. The SMILES string of the molecule is O=C(O)C1(NCC(F)(F)F)CCCOC1. The Balaban J connectivity index is 2.61. The lowest BCUT2D eigenvalue weighted by molar-refractivity contribution is -0.157. The van der Waals surface area contributed by atoms with Gasteiger partial charge in [0.2, 0.25) is 0 Å². The van der Waals surface area contributed by atoms with Gasteiger partial charge in [-0.2, -0.15) is 13.2 Å². The van der Waals surface area contributed by atoms with Crippen LogP contribution in [0.1, 0.15) is 12.8 Å². The van der Waals surface area contributed by atoms with Crippen LogP contribution in [0.25, 0.3) is 0 Å². The average Bonchev–Trinajstić information content (AvgIpc) is 2.15. The van der Waals surface area contributed by atoms with Gasteiger partial charge in [-0.25, -0.2) is 0 Å². The van der Waals surface area contributed by atoms with Crippen molar-refractivity contribution in [1.29, 1.82) is 0 Å². The van der Waals surface area contributed by atoms with E-state index in [1.54, 1.807) is 0 Å². The number of ether oxygens (including phenoxy) is 1. The molecular formula is C8H12F3NO3. The zero-order valence-electron chi connectivity index (χ0n) is 7.93. The summed E-state index contributed by atoms with van der Waals surface area (Å²) in [6, 6.07) is 0. The van der Waals surface area contributed by atoms with Crippen LogP contribution >= 0.6 is 0 Å². The average molecular weight is 227 g/mol. The van der Waals surface area contributed by atoms with Crippen LogP contribution in [0.3, 0.4) is 0 Å². The third-order valence-electron chi connectivity index (χ3n) is 2.28. The van der Waals surface area contributed by atoms with E-state index in [4.69, 9.17) is 9.84 Å². The van der Waals surface area contributed by atoms with E-state index in [2.05, 4.69) is 0 Å². The number of nitrogens with one attached hydrogen (secondary N) is 1. The molecule has 1 saturated heterocycles. The lowest BCUT2D eigenvalue weighted by atomic mass is 9.92. The molecule has 1 aliphatic heterocycles. The van der Waals surface area contributed by atoms with Crippen molar-refractivity contribution in [2.75, 3.05) is 19.8 Å². The van der Waals surface area contributed by atoms with Gasteiger partial charge in [0.1, 0.15) is 5.54 Å². The Morgan fingerprint density at radius 3 is 2.60 bits per heavy atom. The highest BCUT2D eigenvalue weighted by Crippen LogP contribution is 2.22. The lowest BCUT2D eigenvalue weighted by Gasteiger charge is -2.34. The molecule has 0 saturated carbocycles. The molecule has 2 N–H and O–H groups in total. The molecule has 0 radical (unpaired) electrons. The highest BCUT2D eigenvalue weighted by Gasteiger charge is 2.43. The van der Waals surface area contributed by atoms with E-state index in [-0.39, 0.29) is 13.0 Å². The third-order valence-corrected chi connectivity index (χ3v) is 2.28. The molecule has 1 aliphatic rings. The predicted molar refractivity (Wildman–Crippen MR) is 44.5 cm³/mol. The van der Waals surface area contributed by atoms with E-state index in [0.29, 0.717) is 13.0 Å². The van der Waals surface area contributed by atoms with Gasteiger partial charge in [-0.15, -0.1) is 0 Å². The Labute approximate surface area is 84.4 Å². The van der Waals surface area contributed by atoms with E-state index < -0.39 is 24.2 Å². The molecule has 0 amide bonds. The second kappa shape index (κ2) is 4.36. The Bertz CT molecular complexity index is 236. The summed E-state index contributed by atoms with van der Waals surface area (Å²) >= 11 is 0. The van der Waals surface area contributed by atoms with Crippen LogP contribution in [0.4, 0.5) is 13.2 Å². The van der Waals surface area contributed by atoms with Gasteiger partial charge in [0.05, 0.1) is 13.2 Å². The summed E-state index contributed by atoms with van der Waals surface area (Å²) in [7, 11) is 0. The van der Waals surface area contributed by atoms with Gasteiger partial charge in [-0.3, -0.25) is 10.1 Å². The molecule has 88 valence electrons. The number of hydrogen-bond donors (Lipinski definition) is 2. The summed E-state index contributed by atoms with van der Waals surface area (Å²) in [6.07, 6.45) is -3.82. The normalized spacial score (nSPS) is 27.7. The van der Waals surface area contributed by atoms with E-state index >= 15 is 0 Å². The van der Waals surface area contributed by atoms with Crippen molar-refractivity contribution < 1.29 is 27.8 Å². The first-order chi connectivity index (χ1) is 6.86. The van der Waals surface area contributed by atoms with Crippen LogP contribution in [0.2, 0.25) is 0 Å². The van der Waals surface area contributed by atoms with Gasteiger partial charge < -0.3 is 9.84 Å². The Morgan fingerprint density at radius 1 is 1.53 bits per heavy atom. The molecule has 7 heteroatoms. The van der Waals surface area contributed by atoms with Crippen LogP contribution in [0.15, 0.2) is 0 Å². The fourth-order valence-electron chi connectivity index (χ4n) is 1.45. The highest BCUT2D eigenvalue weighted by molar-refractivity contribution is 5.79. The molecule has 0 spiro atoms. The maximum atomic E-state index is 11.9. The molecule has 0 aromatic carbocycles. The monoisotopic (exact) mass is 227 g/mol. The van der Waals surface area contributed by atoms with Gasteiger partial charge in [-0.05, 0) is 12.8 Å². The first-order valence-electron chi connectivity index (χ1n) is 4.49. The van der Waals surface area contributed by atoms with Gasteiger partial charge in [0.25, 0.3) is 0 Å². The topological polar surface area (TPSA) is 58.6 Å². The van der Waals surface area contributed by atoms with Crippen molar-refractivity contribution in [3.05, 3.63) is 0 Å². The van der Waals surface area contributed by atoms with E-state index in [9.17, 15) is 18.0 Å². The van der Waals surface area contributed by atoms with Gasteiger partial charge in [-0.1, -0.05) is 0 Å². The van der Waals surface area contributed by atoms with Gasteiger partial charge in [0.15, 0.2) is 0 Å². The summed E-state index contributed by atoms with van der Waals surface area (Å²) in [6.45, 7) is -1.15. The van der Waals surface area contributed by atoms with Gasteiger partial charge in [0, 0.05) is 6.61 Å². The number of aliphatic carboxylic acids is 1. The molecule has 1 unspecified atom stereocenters. The fraction of sp³-hybridized carbons (Fsp3) is 0.875. The second-order valence-corrected chi connectivity index (χ2v) is 3.51. The van der Waals surface area contributed by atoms with Crippen molar-refractivity contribution >= 4 is 5.97 Å². The highest BCUT2D eigenvalue weighted by atomic mass is 19.4. The van der Waals surface area contributed by atoms with Crippen molar-refractivity contribution in [2.45, 2.75) is 24.6 Å². The molecule has 1 fully saturated rings. The molecule has 4 nitrogen and oxygen atoms in total. The number of rotatable bonds is 3. The quantitative estimate of drug-likeness (QED) is 0.747. The zero-order valence-corrected chi connectivity index (χ0v) is 7.93. The second-order valence-electron chi connectivity index (χ2n) is 3.51. The molecule has 0 aromatic heterocycles. The number of hydrogen-bond acceptors (Lipinski definition) is 3. The van der Waals surface area contributed by atoms with Gasteiger partial charge >= 0.3 is 12.1 Å². The predicted octanol–water partition coefficient (Wildman–Crippen LogP) is 0.772. The number of carboxylic acid groups (broad SMARTS) is 1. The molecule has 15 heavy (non-hydrogen) atoms. The van der Waals surface area contributed by atoms with Crippen LogP contribution < -0.4 is 5.32 Å². The minimum Gasteiger partial charge on any atom is -0.480 e. The number of alkyl halides is 3. The van der Waals surface area contributed by atoms with Crippen molar-refractivity contribution in [1.82, 2.24) is 5.32 Å². The molecule has 0 bridgehead atoms.